The predicted molar refractivity (Wildman–Crippen MR) is 183 cm³/mol. The third-order valence-corrected chi connectivity index (χ3v) is 8.73. The molecule has 0 aliphatic carbocycles. The Morgan fingerprint density at radius 2 is 0.956 bits per heavy atom. The Hall–Kier alpha value is -1.51. The Bertz CT molecular complexity index is 999. The Labute approximate surface area is 273 Å². The van der Waals surface area contributed by atoms with Crippen molar-refractivity contribution in [3.05, 3.63) is 42.5 Å². The van der Waals surface area contributed by atoms with E-state index in [0.717, 1.165) is 35.8 Å². The highest BCUT2D eigenvalue weighted by atomic mass is 31.2. The zero-order valence-corrected chi connectivity index (χ0v) is 28.9. The standard InChI is InChI=1S/C36H61O8P/c1-2-3-4-5-6-7-8-9-10-11-12-13-14-15-16-19-25-43-45(37,38)44-33-31-41-29-27-39-26-28-40-30-32-42-36-24-20-22-34-21-17-18-23-35(34)36/h17-18,20-24H,2-16,19,25-33H2,1H3,(H,37,38). The third-order valence-electron chi connectivity index (χ3n) is 7.71. The molecule has 0 radical (unpaired) electrons. The van der Waals surface area contributed by atoms with Gasteiger partial charge in [0.2, 0.25) is 0 Å². The minimum Gasteiger partial charge on any atom is -0.491 e. The van der Waals surface area contributed by atoms with Crippen molar-refractivity contribution in [1.82, 2.24) is 0 Å². The van der Waals surface area contributed by atoms with E-state index in [1.165, 1.54) is 83.5 Å². The highest BCUT2D eigenvalue weighted by Crippen LogP contribution is 2.43. The Balaban J connectivity index is 1.27. The van der Waals surface area contributed by atoms with Crippen LogP contribution in [0.25, 0.3) is 10.8 Å². The highest BCUT2D eigenvalue weighted by Gasteiger charge is 2.20. The molecule has 0 spiro atoms. The molecule has 2 aromatic carbocycles. The van der Waals surface area contributed by atoms with Gasteiger partial charge in [-0.25, -0.2) is 4.57 Å². The summed E-state index contributed by atoms with van der Waals surface area (Å²) < 4.78 is 44.4. The summed E-state index contributed by atoms with van der Waals surface area (Å²) >= 11 is 0. The second-order valence-corrected chi connectivity index (χ2v) is 13.1. The number of hydrogen-bond donors (Lipinski definition) is 1. The first kappa shape index (κ1) is 39.7. The predicted octanol–water partition coefficient (Wildman–Crippen LogP) is 9.66. The van der Waals surface area contributed by atoms with Gasteiger partial charge in [-0.2, -0.15) is 0 Å². The molecule has 1 unspecified atom stereocenters. The fourth-order valence-electron chi connectivity index (χ4n) is 5.15. The van der Waals surface area contributed by atoms with E-state index in [9.17, 15) is 9.46 Å². The number of rotatable bonds is 32. The van der Waals surface area contributed by atoms with Crippen molar-refractivity contribution in [3.8, 4) is 5.75 Å². The fraction of sp³-hybridized carbons (Fsp3) is 0.722. The summed E-state index contributed by atoms with van der Waals surface area (Å²) in [6, 6.07) is 14.1. The Morgan fingerprint density at radius 3 is 1.53 bits per heavy atom. The molecule has 8 nitrogen and oxygen atoms in total. The Kier molecular flexibility index (Phi) is 24.3. The fourth-order valence-corrected chi connectivity index (χ4v) is 5.89. The van der Waals surface area contributed by atoms with Crippen molar-refractivity contribution >= 4 is 18.6 Å². The van der Waals surface area contributed by atoms with E-state index in [-0.39, 0.29) is 19.8 Å². The van der Waals surface area contributed by atoms with E-state index in [4.69, 9.17) is 28.0 Å². The molecule has 0 heterocycles. The molecule has 2 aromatic rings. The summed E-state index contributed by atoms with van der Waals surface area (Å²) in [7, 11) is -4.03. The van der Waals surface area contributed by atoms with Gasteiger partial charge in [-0.1, -0.05) is 140 Å². The van der Waals surface area contributed by atoms with Crippen LogP contribution in [0.1, 0.15) is 110 Å². The molecule has 2 rings (SSSR count). The molecule has 1 atom stereocenters. The van der Waals surface area contributed by atoms with Gasteiger partial charge >= 0.3 is 7.82 Å². The number of phosphoric acid groups is 1. The first-order valence-corrected chi connectivity index (χ1v) is 19.1. The SMILES string of the molecule is CCCCCCCCCCCCCCCCCCOP(=O)(O)OCCOCCOCCOCCOc1cccc2ccccc12. The zero-order valence-electron chi connectivity index (χ0n) is 28.0. The summed E-state index contributed by atoms with van der Waals surface area (Å²) in [4.78, 5) is 9.82. The topological polar surface area (TPSA) is 92.7 Å². The molecule has 0 aromatic heterocycles. The summed E-state index contributed by atoms with van der Waals surface area (Å²) in [6.45, 7) is 5.32. The van der Waals surface area contributed by atoms with Crippen LogP contribution in [-0.2, 0) is 27.8 Å². The summed E-state index contributed by atoms with van der Waals surface area (Å²) in [5, 5.41) is 2.24. The van der Waals surface area contributed by atoms with Crippen LogP contribution >= 0.6 is 7.82 Å². The molecule has 1 N–H and O–H groups in total. The van der Waals surface area contributed by atoms with Crippen LogP contribution in [0.5, 0.6) is 5.75 Å². The molecule has 0 amide bonds. The lowest BCUT2D eigenvalue weighted by molar-refractivity contribution is 0.00283. The van der Waals surface area contributed by atoms with Crippen LogP contribution < -0.4 is 4.74 Å². The summed E-state index contributed by atoms with van der Waals surface area (Å²) in [6.07, 6.45) is 20.6. The van der Waals surface area contributed by atoms with Crippen LogP contribution in [-0.4, -0.2) is 64.4 Å². The van der Waals surface area contributed by atoms with Gasteiger partial charge in [-0.3, -0.25) is 9.05 Å². The average Bonchev–Trinajstić information content (AvgIpc) is 3.04. The molecule has 0 saturated heterocycles. The molecule has 258 valence electrons. The second kappa shape index (κ2) is 27.6. The average molecular weight is 653 g/mol. The number of benzene rings is 2. The van der Waals surface area contributed by atoms with E-state index >= 15 is 0 Å². The number of hydrogen-bond acceptors (Lipinski definition) is 7. The van der Waals surface area contributed by atoms with Gasteiger partial charge in [-0.15, -0.1) is 0 Å². The number of ether oxygens (including phenoxy) is 4. The van der Waals surface area contributed by atoms with E-state index in [1.54, 1.807) is 0 Å². The maximum absolute atomic E-state index is 12.0. The van der Waals surface area contributed by atoms with Crippen LogP contribution in [0.2, 0.25) is 0 Å². The van der Waals surface area contributed by atoms with Gasteiger partial charge in [0.15, 0.2) is 0 Å². The van der Waals surface area contributed by atoms with Crippen molar-refractivity contribution in [2.24, 2.45) is 0 Å². The minimum atomic E-state index is -4.03. The zero-order chi connectivity index (χ0) is 32.1. The largest absolute Gasteiger partial charge is 0.491 e. The van der Waals surface area contributed by atoms with Gasteiger partial charge in [0.1, 0.15) is 12.4 Å². The molecule has 9 heteroatoms. The molecular formula is C36H61O8P. The summed E-state index contributed by atoms with van der Waals surface area (Å²) in [5.41, 5.74) is 0. The second-order valence-electron chi connectivity index (χ2n) is 11.6. The van der Waals surface area contributed by atoms with Gasteiger partial charge in [-0.05, 0) is 17.9 Å². The van der Waals surface area contributed by atoms with Crippen LogP contribution in [0.3, 0.4) is 0 Å². The Morgan fingerprint density at radius 1 is 0.511 bits per heavy atom. The van der Waals surface area contributed by atoms with Gasteiger partial charge in [0.25, 0.3) is 0 Å². The molecular weight excluding hydrogens is 591 g/mol. The minimum absolute atomic E-state index is 0.00739. The first-order valence-electron chi connectivity index (χ1n) is 17.6. The van der Waals surface area contributed by atoms with Gasteiger partial charge < -0.3 is 23.8 Å². The van der Waals surface area contributed by atoms with E-state index in [2.05, 4.69) is 19.1 Å². The van der Waals surface area contributed by atoms with Crippen LogP contribution in [0, 0.1) is 0 Å². The van der Waals surface area contributed by atoms with E-state index in [1.807, 2.05) is 30.3 Å². The number of phosphoric ester groups is 1. The molecule has 45 heavy (non-hydrogen) atoms. The van der Waals surface area contributed by atoms with Crippen molar-refractivity contribution in [2.45, 2.75) is 110 Å². The molecule has 0 bridgehead atoms. The lowest BCUT2D eigenvalue weighted by atomic mass is 10.0. The van der Waals surface area contributed by atoms with Crippen molar-refractivity contribution in [2.75, 3.05) is 59.5 Å². The maximum Gasteiger partial charge on any atom is 0.472 e. The number of unbranched alkanes of at least 4 members (excludes halogenated alkanes) is 15. The monoisotopic (exact) mass is 652 g/mol. The van der Waals surface area contributed by atoms with Gasteiger partial charge in [0.05, 0.1) is 52.9 Å². The van der Waals surface area contributed by atoms with E-state index < -0.39 is 7.82 Å². The third kappa shape index (κ3) is 21.8. The number of fused-ring (bicyclic) bond motifs is 1. The molecule has 0 fully saturated rings. The molecule has 0 aliphatic rings. The van der Waals surface area contributed by atoms with Crippen molar-refractivity contribution < 1.29 is 37.5 Å². The normalized spacial score (nSPS) is 12.9. The lowest BCUT2D eigenvalue weighted by Crippen LogP contribution is -2.13. The maximum atomic E-state index is 12.0. The van der Waals surface area contributed by atoms with E-state index in [0.29, 0.717) is 39.6 Å². The lowest BCUT2D eigenvalue weighted by Gasteiger charge is -2.12. The molecule has 0 aliphatic heterocycles. The quantitative estimate of drug-likeness (QED) is 0.0617. The van der Waals surface area contributed by atoms with Crippen LogP contribution in [0.4, 0.5) is 0 Å². The highest BCUT2D eigenvalue weighted by molar-refractivity contribution is 7.47. The molecule has 0 saturated carbocycles. The van der Waals surface area contributed by atoms with Crippen LogP contribution in [0.15, 0.2) is 42.5 Å². The smallest absolute Gasteiger partial charge is 0.472 e. The first-order chi connectivity index (χ1) is 22.1. The van der Waals surface area contributed by atoms with Crippen molar-refractivity contribution in [1.29, 1.82) is 0 Å². The van der Waals surface area contributed by atoms with Gasteiger partial charge in [0, 0.05) is 5.39 Å². The van der Waals surface area contributed by atoms with Crippen molar-refractivity contribution in [3.63, 3.8) is 0 Å². The summed E-state index contributed by atoms with van der Waals surface area (Å²) in [5.74, 6) is 0.855.